The van der Waals surface area contributed by atoms with Gasteiger partial charge in [-0.15, -0.1) is 0 Å². The molecule has 0 saturated heterocycles. The molecule has 1 saturated carbocycles. The zero-order valence-electron chi connectivity index (χ0n) is 19.9. The summed E-state index contributed by atoms with van der Waals surface area (Å²) in [5, 5.41) is 17.1. The molecule has 0 bridgehead atoms. The first-order valence-corrected chi connectivity index (χ1v) is 12.6. The molecule has 1 unspecified atom stereocenters. The van der Waals surface area contributed by atoms with E-state index in [9.17, 15) is 9.90 Å². The number of aryl methyl sites for hydroxylation is 2. The van der Waals surface area contributed by atoms with Crippen LogP contribution in [0.5, 0.6) is 0 Å². The molecule has 3 N–H and O–H groups in total. The lowest BCUT2D eigenvalue weighted by molar-refractivity contribution is -0.140. The number of pyridine rings is 1. The van der Waals surface area contributed by atoms with Gasteiger partial charge in [0.25, 0.3) is 0 Å². The Labute approximate surface area is 205 Å². The number of carboxylic acids is 1. The number of fused-ring (bicyclic) bond motifs is 2. The van der Waals surface area contributed by atoms with Gasteiger partial charge in [-0.2, -0.15) is 0 Å². The number of ether oxygens (including phenoxy) is 1. The molecule has 3 aromatic rings. The van der Waals surface area contributed by atoms with Crippen LogP contribution in [0, 0.1) is 5.92 Å². The Bertz CT molecular complexity index is 1160. The first-order chi connectivity index (χ1) is 17.2. The highest BCUT2D eigenvalue weighted by molar-refractivity contribution is 5.80. The quantitative estimate of drug-likeness (QED) is 0.385. The summed E-state index contributed by atoms with van der Waals surface area (Å²) in [5.74, 6) is 0.855. The van der Waals surface area contributed by atoms with E-state index in [0.717, 1.165) is 66.8 Å². The molecule has 5 rings (SSSR count). The lowest BCUT2D eigenvalue weighted by Gasteiger charge is -2.35. The number of nitrogens with one attached hydrogen (secondary N) is 2. The molecule has 1 atom stereocenters. The lowest BCUT2D eigenvalue weighted by atomic mass is 9.79. The van der Waals surface area contributed by atoms with Crippen molar-refractivity contribution < 1.29 is 14.6 Å². The molecule has 2 aromatic heterocycles. The molecular weight excluding hydrogens is 442 g/mol. The summed E-state index contributed by atoms with van der Waals surface area (Å²) >= 11 is 0. The SMILES string of the molecule is O=C(O)C(CCOC1CC(CCc2ccc3c(n2)NCCC3)C1)NCc1ncnc2ccccc12. The number of para-hydroxylation sites is 1. The molecule has 8 nitrogen and oxygen atoms in total. The molecule has 8 heteroatoms. The molecule has 0 amide bonds. The van der Waals surface area contributed by atoms with Gasteiger partial charge in [0.1, 0.15) is 18.2 Å². The number of hydrogen-bond acceptors (Lipinski definition) is 7. The first-order valence-electron chi connectivity index (χ1n) is 12.6. The highest BCUT2D eigenvalue weighted by atomic mass is 16.5. The van der Waals surface area contributed by atoms with E-state index < -0.39 is 12.0 Å². The first kappa shape index (κ1) is 23.6. The minimum atomic E-state index is -0.870. The van der Waals surface area contributed by atoms with E-state index in [2.05, 4.69) is 32.7 Å². The fourth-order valence-corrected chi connectivity index (χ4v) is 4.99. The van der Waals surface area contributed by atoms with E-state index in [0.29, 0.717) is 25.5 Å². The van der Waals surface area contributed by atoms with Crippen LogP contribution in [0.2, 0.25) is 0 Å². The van der Waals surface area contributed by atoms with Crippen LogP contribution in [0.1, 0.15) is 49.1 Å². The van der Waals surface area contributed by atoms with E-state index >= 15 is 0 Å². The molecule has 1 aromatic carbocycles. The van der Waals surface area contributed by atoms with Crippen LogP contribution in [-0.2, 0) is 28.9 Å². The number of nitrogens with zero attached hydrogens (tertiary/aromatic N) is 3. The maximum Gasteiger partial charge on any atom is 0.320 e. The van der Waals surface area contributed by atoms with E-state index in [4.69, 9.17) is 9.72 Å². The summed E-state index contributed by atoms with van der Waals surface area (Å²) in [5.41, 5.74) is 4.15. The van der Waals surface area contributed by atoms with Gasteiger partial charge in [-0.1, -0.05) is 24.3 Å². The zero-order chi connectivity index (χ0) is 24.0. The highest BCUT2D eigenvalue weighted by Crippen LogP contribution is 2.34. The Morgan fingerprint density at radius 2 is 2.09 bits per heavy atom. The summed E-state index contributed by atoms with van der Waals surface area (Å²) in [6, 6.07) is 11.5. The number of anilines is 1. The van der Waals surface area contributed by atoms with Gasteiger partial charge in [0, 0.05) is 30.8 Å². The lowest BCUT2D eigenvalue weighted by Crippen LogP contribution is -2.39. The summed E-state index contributed by atoms with van der Waals surface area (Å²) in [6.45, 7) is 1.82. The van der Waals surface area contributed by atoms with E-state index in [1.54, 1.807) is 0 Å². The molecule has 1 aliphatic heterocycles. The molecule has 2 aliphatic rings. The largest absolute Gasteiger partial charge is 0.480 e. The van der Waals surface area contributed by atoms with Crippen molar-refractivity contribution in [3.05, 3.63) is 59.7 Å². The van der Waals surface area contributed by atoms with Crippen LogP contribution >= 0.6 is 0 Å². The normalized spacial score (nSPS) is 20.0. The Morgan fingerprint density at radius 3 is 2.97 bits per heavy atom. The summed E-state index contributed by atoms with van der Waals surface area (Å²) < 4.78 is 5.98. The standard InChI is InChI=1S/C27H33N5O3/c33-27(34)24(29-16-25-22-5-1-2-6-23(22)30-17-31-25)11-13-35-21-14-18(15-21)7-9-20-10-8-19-4-3-12-28-26(19)32-20/h1-2,5-6,8,10,17-18,21,24,29H,3-4,7,9,11-16H2,(H,28,32)(H,33,34). The van der Waals surface area contributed by atoms with Crippen LogP contribution in [-0.4, -0.2) is 51.3 Å². The van der Waals surface area contributed by atoms with Gasteiger partial charge < -0.3 is 15.2 Å². The second kappa shape index (κ2) is 11.1. The summed E-state index contributed by atoms with van der Waals surface area (Å²) in [6.07, 6.45) is 8.68. The zero-order valence-corrected chi connectivity index (χ0v) is 19.9. The Kier molecular flexibility index (Phi) is 7.49. The van der Waals surface area contributed by atoms with E-state index in [1.807, 2.05) is 24.3 Å². The van der Waals surface area contributed by atoms with Gasteiger partial charge in [-0.05, 0) is 68.6 Å². The third-order valence-electron chi connectivity index (χ3n) is 7.15. The van der Waals surface area contributed by atoms with Gasteiger partial charge in [0.15, 0.2) is 0 Å². The highest BCUT2D eigenvalue weighted by Gasteiger charge is 2.30. The minimum absolute atomic E-state index is 0.235. The number of carbonyl (C=O) groups is 1. The van der Waals surface area contributed by atoms with Crippen LogP contribution in [0.3, 0.4) is 0 Å². The summed E-state index contributed by atoms with van der Waals surface area (Å²) in [7, 11) is 0. The monoisotopic (exact) mass is 475 g/mol. The van der Waals surface area contributed by atoms with E-state index in [1.165, 1.54) is 18.3 Å². The van der Waals surface area contributed by atoms with Crippen LogP contribution in [0.15, 0.2) is 42.7 Å². The molecule has 0 radical (unpaired) electrons. The van der Waals surface area contributed by atoms with Gasteiger partial charge in [-0.25, -0.2) is 15.0 Å². The maximum absolute atomic E-state index is 11.7. The van der Waals surface area contributed by atoms with Crippen molar-refractivity contribution >= 4 is 22.7 Å². The third-order valence-corrected chi connectivity index (χ3v) is 7.15. The minimum Gasteiger partial charge on any atom is -0.480 e. The van der Waals surface area contributed by atoms with Gasteiger partial charge >= 0.3 is 5.97 Å². The Hall–Kier alpha value is -3.10. The molecule has 0 spiro atoms. The number of rotatable bonds is 11. The summed E-state index contributed by atoms with van der Waals surface area (Å²) in [4.78, 5) is 25.1. The van der Waals surface area contributed by atoms with Crippen LogP contribution in [0.4, 0.5) is 5.82 Å². The smallest absolute Gasteiger partial charge is 0.320 e. The number of benzene rings is 1. The molecule has 1 aliphatic carbocycles. The second-order valence-corrected chi connectivity index (χ2v) is 9.61. The van der Waals surface area contributed by atoms with Crippen molar-refractivity contribution in [1.82, 2.24) is 20.3 Å². The number of carboxylic acid groups (broad SMARTS) is 1. The van der Waals surface area contributed by atoms with Crippen LogP contribution in [0.25, 0.3) is 10.9 Å². The van der Waals surface area contributed by atoms with Gasteiger partial charge in [0.05, 0.1) is 17.3 Å². The Morgan fingerprint density at radius 1 is 1.20 bits per heavy atom. The predicted molar refractivity (Wildman–Crippen MR) is 134 cm³/mol. The van der Waals surface area contributed by atoms with Crippen molar-refractivity contribution in [3.8, 4) is 0 Å². The molecule has 184 valence electrons. The van der Waals surface area contributed by atoms with Crippen molar-refractivity contribution in [2.75, 3.05) is 18.5 Å². The topological polar surface area (TPSA) is 109 Å². The van der Waals surface area contributed by atoms with E-state index in [-0.39, 0.29) is 6.10 Å². The average Bonchev–Trinajstić information content (AvgIpc) is 2.86. The molecule has 1 fully saturated rings. The van der Waals surface area contributed by atoms with Crippen LogP contribution < -0.4 is 10.6 Å². The number of hydrogen-bond donors (Lipinski definition) is 3. The van der Waals surface area contributed by atoms with Gasteiger partial charge in [0.2, 0.25) is 0 Å². The van der Waals surface area contributed by atoms with Crippen molar-refractivity contribution in [2.45, 2.75) is 63.6 Å². The fraction of sp³-hybridized carbons (Fsp3) is 0.481. The van der Waals surface area contributed by atoms with Crippen molar-refractivity contribution in [3.63, 3.8) is 0 Å². The maximum atomic E-state index is 11.7. The van der Waals surface area contributed by atoms with Crippen molar-refractivity contribution in [2.24, 2.45) is 5.92 Å². The number of aliphatic carboxylic acids is 1. The van der Waals surface area contributed by atoms with Gasteiger partial charge in [-0.3, -0.25) is 10.1 Å². The molecule has 3 heterocycles. The average molecular weight is 476 g/mol. The Balaban J connectivity index is 1.02. The predicted octanol–water partition coefficient (Wildman–Crippen LogP) is 3.74. The number of aromatic nitrogens is 3. The fourth-order valence-electron chi connectivity index (χ4n) is 4.99. The van der Waals surface area contributed by atoms with Crippen molar-refractivity contribution in [1.29, 1.82) is 0 Å². The second-order valence-electron chi connectivity index (χ2n) is 9.61. The third kappa shape index (κ3) is 5.94. The molecular formula is C27H33N5O3. The molecule has 35 heavy (non-hydrogen) atoms.